The van der Waals surface area contributed by atoms with Gasteiger partial charge in [-0.25, -0.2) is 17.8 Å². The number of aliphatic hydroxyl groups excluding tert-OH is 2. The molecule has 12 nitrogen and oxygen atoms in total. The summed E-state index contributed by atoms with van der Waals surface area (Å²) in [5, 5.41) is 26.5. The molecule has 0 unspecified atom stereocenters. The molecule has 0 spiro atoms. The third-order valence-corrected chi connectivity index (χ3v) is 11.8. The number of halogens is 2. The Kier molecular flexibility index (Phi) is 17.5. The van der Waals surface area contributed by atoms with Crippen LogP contribution in [0.3, 0.4) is 0 Å². The van der Waals surface area contributed by atoms with Crippen molar-refractivity contribution < 1.29 is 28.1 Å². The SMILES string of the molecule is C[Si](C)(C)CCOCn1nc(Br)nc1S(=O)(=O)CCCO.C[Si](C)(C)CCOCn1nc(Br)nc1SCCCO. The molecule has 2 aromatic rings. The van der Waals surface area contributed by atoms with E-state index in [0.29, 0.717) is 18.1 Å². The Morgan fingerprint density at radius 2 is 1.32 bits per heavy atom. The molecule has 2 N–H and O–H groups in total. The van der Waals surface area contributed by atoms with Gasteiger partial charge in [-0.3, -0.25) is 0 Å². The van der Waals surface area contributed by atoms with Crippen molar-refractivity contribution in [2.45, 2.75) is 88.0 Å². The molecule has 0 amide bonds. The lowest BCUT2D eigenvalue weighted by Gasteiger charge is -2.15. The number of rotatable bonds is 18. The summed E-state index contributed by atoms with van der Waals surface area (Å²) in [6, 6.07) is 2.14. The maximum Gasteiger partial charge on any atom is 0.248 e. The van der Waals surface area contributed by atoms with Crippen molar-refractivity contribution in [3.05, 3.63) is 9.47 Å². The van der Waals surface area contributed by atoms with Gasteiger partial charge < -0.3 is 19.7 Å². The first-order valence-electron chi connectivity index (χ1n) is 13.0. The smallest absolute Gasteiger partial charge is 0.248 e. The van der Waals surface area contributed by atoms with Crippen LogP contribution in [0.25, 0.3) is 0 Å². The standard InChI is InChI=1S/C11H22BrN3O4SSi.C11H22BrN3O2SSi/c1-21(2,3)8-6-19-9-15-11(13-10(12)14-15)20(17,18)7-4-5-16;1-19(2,3)8-6-17-9-15-11(13-10(12)14-15)18-7-4-5-16/h16H,4-9H2,1-3H3;16H,4-9H2,1-3H3. The molecule has 0 aliphatic carbocycles. The van der Waals surface area contributed by atoms with E-state index in [1.807, 2.05) is 0 Å². The van der Waals surface area contributed by atoms with Crippen molar-refractivity contribution in [3.8, 4) is 0 Å². The summed E-state index contributed by atoms with van der Waals surface area (Å²) in [4.78, 5) is 8.18. The third-order valence-electron chi connectivity index (χ3n) is 5.03. The number of thioether (sulfide) groups is 1. The summed E-state index contributed by atoms with van der Waals surface area (Å²) in [5.41, 5.74) is 0. The van der Waals surface area contributed by atoms with Crippen LogP contribution in [0.2, 0.25) is 51.4 Å². The van der Waals surface area contributed by atoms with Crippen molar-refractivity contribution in [3.63, 3.8) is 0 Å². The first kappa shape index (κ1) is 37.8. The van der Waals surface area contributed by atoms with Gasteiger partial charge in [0.25, 0.3) is 0 Å². The summed E-state index contributed by atoms with van der Waals surface area (Å²) in [7, 11) is -5.80. The van der Waals surface area contributed by atoms with Gasteiger partial charge in [0, 0.05) is 48.3 Å². The monoisotopic (exact) mass is 766 g/mol. The molecular weight excluding hydrogens is 724 g/mol. The fourth-order valence-corrected chi connectivity index (χ4v) is 7.39. The molecule has 0 radical (unpaired) electrons. The lowest BCUT2D eigenvalue weighted by molar-refractivity contribution is 0.0712. The molecule has 2 rings (SSSR count). The highest BCUT2D eigenvalue weighted by Crippen LogP contribution is 2.19. The summed E-state index contributed by atoms with van der Waals surface area (Å²) in [5.74, 6) is 0.667. The van der Waals surface area contributed by atoms with Gasteiger partial charge in [0.2, 0.25) is 24.5 Å². The van der Waals surface area contributed by atoms with Gasteiger partial charge in [0.1, 0.15) is 13.5 Å². The molecule has 40 heavy (non-hydrogen) atoms. The number of aromatic nitrogens is 6. The molecule has 0 aliphatic rings. The van der Waals surface area contributed by atoms with E-state index in [1.54, 1.807) is 16.4 Å². The van der Waals surface area contributed by atoms with Gasteiger partial charge in [-0.15, -0.1) is 10.2 Å². The van der Waals surface area contributed by atoms with Crippen LogP contribution in [0, 0.1) is 0 Å². The minimum Gasteiger partial charge on any atom is -0.396 e. The highest BCUT2D eigenvalue weighted by molar-refractivity contribution is 9.10. The lowest BCUT2D eigenvalue weighted by Crippen LogP contribution is -2.23. The zero-order valence-corrected chi connectivity index (χ0v) is 31.1. The molecule has 232 valence electrons. The number of hydrogen-bond donors (Lipinski definition) is 2. The molecule has 0 saturated carbocycles. The van der Waals surface area contributed by atoms with Crippen molar-refractivity contribution in [1.82, 2.24) is 29.5 Å². The first-order chi connectivity index (χ1) is 18.6. The highest BCUT2D eigenvalue weighted by Gasteiger charge is 2.23. The van der Waals surface area contributed by atoms with Gasteiger partial charge >= 0.3 is 0 Å². The number of aliphatic hydroxyl groups is 2. The molecule has 0 atom stereocenters. The molecule has 0 bridgehead atoms. The van der Waals surface area contributed by atoms with E-state index in [9.17, 15) is 8.42 Å². The van der Waals surface area contributed by atoms with E-state index in [1.165, 1.54) is 4.68 Å². The van der Waals surface area contributed by atoms with Crippen molar-refractivity contribution in [1.29, 1.82) is 0 Å². The van der Waals surface area contributed by atoms with E-state index >= 15 is 0 Å². The molecule has 0 aromatic carbocycles. The normalized spacial score (nSPS) is 12.4. The van der Waals surface area contributed by atoms with Crippen molar-refractivity contribution >= 4 is 69.6 Å². The Morgan fingerprint density at radius 1 is 0.825 bits per heavy atom. The Hall–Kier alpha value is -0.186. The number of hydrogen-bond acceptors (Lipinski definition) is 11. The van der Waals surface area contributed by atoms with Gasteiger partial charge in [-0.2, -0.15) is 9.97 Å². The predicted molar refractivity (Wildman–Crippen MR) is 170 cm³/mol. The average Bonchev–Trinajstić information content (AvgIpc) is 3.39. The Labute approximate surface area is 261 Å². The fourth-order valence-electron chi connectivity index (χ4n) is 2.74. The van der Waals surface area contributed by atoms with E-state index in [-0.39, 0.29) is 42.0 Å². The summed E-state index contributed by atoms with van der Waals surface area (Å²) >= 11 is 7.94. The Bertz CT molecular complexity index is 1110. The fraction of sp³-hybridized carbons (Fsp3) is 0.818. The zero-order chi connectivity index (χ0) is 30.4. The molecule has 2 aromatic heterocycles. The van der Waals surface area contributed by atoms with E-state index in [0.717, 1.165) is 36.0 Å². The third kappa shape index (κ3) is 16.5. The second kappa shape index (κ2) is 18.5. The number of sulfone groups is 1. The zero-order valence-electron chi connectivity index (χ0n) is 24.3. The van der Waals surface area contributed by atoms with Crippen molar-refractivity contribution in [2.75, 3.05) is 37.9 Å². The van der Waals surface area contributed by atoms with E-state index in [4.69, 9.17) is 19.7 Å². The topological polar surface area (TPSA) is 154 Å². The van der Waals surface area contributed by atoms with Crippen molar-refractivity contribution in [2.24, 2.45) is 0 Å². The average molecular weight is 769 g/mol. The van der Waals surface area contributed by atoms with Gasteiger partial charge in [-0.05, 0) is 56.8 Å². The number of nitrogens with zero attached hydrogens (tertiary/aromatic N) is 6. The molecular formula is C22H44Br2N6O6S2Si2. The molecule has 2 heterocycles. The predicted octanol–water partition coefficient (Wildman–Crippen LogP) is 4.34. The maximum atomic E-state index is 12.1. The Morgan fingerprint density at radius 3 is 1.85 bits per heavy atom. The summed E-state index contributed by atoms with van der Waals surface area (Å²) in [6.07, 6.45) is 0.926. The Balaban J connectivity index is 0.000000402. The minimum absolute atomic E-state index is 0.0523. The van der Waals surface area contributed by atoms with E-state index < -0.39 is 26.0 Å². The van der Waals surface area contributed by atoms with Crippen LogP contribution in [0.1, 0.15) is 12.8 Å². The summed E-state index contributed by atoms with van der Waals surface area (Å²) in [6.45, 7) is 15.6. The van der Waals surface area contributed by atoms with Crippen LogP contribution < -0.4 is 0 Å². The second-order valence-corrected chi connectivity index (χ2v) is 27.1. The van der Waals surface area contributed by atoms with Crippen LogP contribution in [0.15, 0.2) is 19.8 Å². The minimum atomic E-state index is -3.57. The van der Waals surface area contributed by atoms with Gasteiger partial charge in [-0.1, -0.05) is 51.0 Å². The lowest BCUT2D eigenvalue weighted by atomic mass is 10.5. The second-order valence-electron chi connectivity index (χ2n) is 11.3. The molecule has 0 saturated heterocycles. The summed E-state index contributed by atoms with van der Waals surface area (Å²) < 4.78 is 39.2. The number of ether oxygens (including phenoxy) is 2. The molecule has 0 fully saturated rings. The quantitative estimate of drug-likeness (QED) is 0.127. The molecule has 18 heteroatoms. The van der Waals surface area contributed by atoms with Crippen LogP contribution >= 0.6 is 43.6 Å². The first-order valence-corrected chi connectivity index (χ1v) is 24.7. The highest BCUT2D eigenvalue weighted by atomic mass is 79.9. The largest absolute Gasteiger partial charge is 0.396 e. The van der Waals surface area contributed by atoms with E-state index in [2.05, 4.69) is 91.3 Å². The van der Waals surface area contributed by atoms with Crippen LogP contribution in [0.5, 0.6) is 0 Å². The van der Waals surface area contributed by atoms with Crippen LogP contribution in [0.4, 0.5) is 0 Å². The maximum absolute atomic E-state index is 12.1. The van der Waals surface area contributed by atoms with Gasteiger partial charge in [0.05, 0.1) is 5.75 Å². The van der Waals surface area contributed by atoms with Crippen LogP contribution in [-0.2, 0) is 32.8 Å². The molecule has 0 aliphatic heterocycles. The van der Waals surface area contributed by atoms with Gasteiger partial charge in [0.15, 0.2) is 5.16 Å². The van der Waals surface area contributed by atoms with Crippen LogP contribution in [-0.4, -0.2) is 102 Å².